The predicted molar refractivity (Wildman–Crippen MR) is 142 cm³/mol. The maximum atomic E-state index is 13.0. The molecule has 0 aliphatic carbocycles. The summed E-state index contributed by atoms with van der Waals surface area (Å²) in [6, 6.07) is 23.5. The molecule has 0 saturated carbocycles. The summed E-state index contributed by atoms with van der Waals surface area (Å²) in [5.74, 6) is 0.503. The van der Waals surface area contributed by atoms with Crippen LogP contribution in [-0.2, 0) is 9.53 Å². The Morgan fingerprint density at radius 3 is 2.32 bits per heavy atom. The van der Waals surface area contributed by atoms with E-state index in [1.165, 1.54) is 6.08 Å². The number of aliphatic hydroxyl groups excluding tert-OH is 1. The minimum absolute atomic E-state index is 0.110. The van der Waals surface area contributed by atoms with E-state index in [1.807, 2.05) is 37.3 Å². The number of aryl methyl sites for hydroxylation is 1. The number of allylic oxidation sites excluding steroid dienone is 1. The first-order valence-corrected chi connectivity index (χ1v) is 12.2. The van der Waals surface area contributed by atoms with E-state index in [0.717, 1.165) is 5.56 Å². The lowest BCUT2D eigenvalue weighted by atomic mass is 10.00. The van der Waals surface area contributed by atoms with Crippen LogP contribution in [0.1, 0.15) is 30.1 Å². The number of aliphatic hydroxyl groups is 1. The summed E-state index contributed by atoms with van der Waals surface area (Å²) in [7, 11) is 0. The van der Waals surface area contributed by atoms with Gasteiger partial charge < -0.3 is 19.3 Å². The fourth-order valence-electron chi connectivity index (χ4n) is 3.61. The number of para-hydroxylation sites is 1. The van der Waals surface area contributed by atoms with Crippen molar-refractivity contribution in [3.63, 3.8) is 0 Å². The van der Waals surface area contributed by atoms with Crippen LogP contribution >= 0.6 is 0 Å². The molecule has 0 aliphatic rings. The quantitative estimate of drug-likeness (QED) is 0.143. The van der Waals surface area contributed by atoms with Crippen molar-refractivity contribution in [2.45, 2.75) is 32.0 Å². The summed E-state index contributed by atoms with van der Waals surface area (Å²) in [6.45, 7) is 2.00. The number of hydroxylamine groups is 1. The number of rotatable bonds is 13. The number of carbonyl (C=O) groups excluding carboxylic acids is 2. The highest BCUT2D eigenvalue weighted by atomic mass is 16.6. The van der Waals surface area contributed by atoms with Gasteiger partial charge in [-0.05, 0) is 61.7 Å². The summed E-state index contributed by atoms with van der Waals surface area (Å²) in [5, 5.41) is 20.5. The fourth-order valence-corrected chi connectivity index (χ4v) is 3.61. The molecule has 0 saturated heterocycles. The van der Waals surface area contributed by atoms with Gasteiger partial charge in [-0.3, -0.25) is 15.3 Å². The number of hydrogen-bond acceptors (Lipinski definition) is 7. The molecule has 0 fully saturated rings. The third-order valence-electron chi connectivity index (χ3n) is 5.47. The molecule has 0 aromatic heterocycles. The van der Waals surface area contributed by atoms with Gasteiger partial charge in [0, 0.05) is 11.8 Å². The van der Waals surface area contributed by atoms with E-state index in [4.69, 9.17) is 24.5 Å². The van der Waals surface area contributed by atoms with Gasteiger partial charge in [-0.15, -0.1) is 0 Å². The van der Waals surface area contributed by atoms with Gasteiger partial charge in [0.05, 0.1) is 6.61 Å². The van der Waals surface area contributed by atoms with E-state index in [0.29, 0.717) is 35.6 Å². The van der Waals surface area contributed by atoms with E-state index in [1.54, 1.807) is 60.1 Å². The monoisotopic (exact) mass is 520 g/mol. The standard InChI is InChI=1S/C29H32N2O7/c1-21-11-15-23(16-12-21)30-29(34)38-28(22-13-17-24(18-14-22)36-20-19-32)26(9-5-6-10-27(33)31-35)37-25-7-3-2-4-8-25/h2-4,6-8,10-18,26,28,32,35H,5,9,19-20H2,1H3,(H,30,34)(H,31,33)/b10-6+/t26-,28-/m0/s1. The molecular formula is C29H32N2O7. The summed E-state index contributed by atoms with van der Waals surface area (Å²) < 4.78 is 17.7. The predicted octanol–water partition coefficient (Wildman–Crippen LogP) is 4.95. The highest BCUT2D eigenvalue weighted by molar-refractivity contribution is 5.86. The zero-order valence-electron chi connectivity index (χ0n) is 21.1. The maximum absolute atomic E-state index is 13.0. The lowest BCUT2D eigenvalue weighted by Crippen LogP contribution is -2.31. The van der Waals surface area contributed by atoms with Crippen molar-refractivity contribution in [3.05, 3.63) is 102 Å². The molecule has 4 N–H and O–H groups in total. The number of carbonyl (C=O) groups is 2. The van der Waals surface area contributed by atoms with Gasteiger partial charge in [-0.25, -0.2) is 10.3 Å². The van der Waals surface area contributed by atoms with Crippen LogP contribution in [0.25, 0.3) is 0 Å². The third-order valence-corrected chi connectivity index (χ3v) is 5.47. The fraction of sp³-hybridized carbons (Fsp3) is 0.241. The van der Waals surface area contributed by atoms with Crippen molar-refractivity contribution >= 4 is 17.7 Å². The van der Waals surface area contributed by atoms with E-state index in [9.17, 15) is 9.59 Å². The lowest BCUT2D eigenvalue weighted by molar-refractivity contribution is -0.124. The minimum Gasteiger partial charge on any atom is -0.491 e. The maximum Gasteiger partial charge on any atom is 0.412 e. The highest BCUT2D eigenvalue weighted by Crippen LogP contribution is 2.30. The molecule has 9 nitrogen and oxygen atoms in total. The summed E-state index contributed by atoms with van der Waals surface area (Å²) >= 11 is 0. The Bertz CT molecular complexity index is 1170. The SMILES string of the molecule is Cc1ccc(NC(=O)O[C@@H](c2ccc(OCCO)cc2)[C@H](CC/C=C/C(=O)NO)Oc2ccccc2)cc1. The number of anilines is 1. The number of nitrogens with one attached hydrogen (secondary N) is 2. The average molecular weight is 521 g/mol. The molecule has 0 heterocycles. The first kappa shape index (κ1) is 28.2. The number of hydrogen-bond donors (Lipinski definition) is 4. The van der Waals surface area contributed by atoms with Crippen molar-refractivity contribution in [2.75, 3.05) is 18.5 Å². The molecule has 3 rings (SSSR count). The zero-order valence-corrected chi connectivity index (χ0v) is 21.1. The van der Waals surface area contributed by atoms with Crippen molar-refractivity contribution in [1.82, 2.24) is 5.48 Å². The molecular weight excluding hydrogens is 488 g/mol. The molecule has 200 valence electrons. The van der Waals surface area contributed by atoms with Crippen LogP contribution in [0.2, 0.25) is 0 Å². The lowest BCUT2D eigenvalue weighted by Gasteiger charge is -2.28. The van der Waals surface area contributed by atoms with E-state index < -0.39 is 24.2 Å². The smallest absolute Gasteiger partial charge is 0.412 e. The minimum atomic E-state index is -0.826. The Labute approximate surface area is 221 Å². The second-order valence-corrected chi connectivity index (χ2v) is 8.38. The van der Waals surface area contributed by atoms with Gasteiger partial charge in [0.25, 0.3) is 5.91 Å². The van der Waals surface area contributed by atoms with Crippen molar-refractivity contribution in [2.24, 2.45) is 0 Å². The Balaban J connectivity index is 1.87. The van der Waals surface area contributed by atoms with Crippen LogP contribution in [0.4, 0.5) is 10.5 Å². The molecule has 3 aromatic carbocycles. The molecule has 2 amide bonds. The van der Waals surface area contributed by atoms with Crippen LogP contribution in [0.5, 0.6) is 11.5 Å². The van der Waals surface area contributed by atoms with Gasteiger partial charge in [0.15, 0.2) is 6.10 Å². The van der Waals surface area contributed by atoms with E-state index in [2.05, 4.69) is 5.32 Å². The first-order valence-electron chi connectivity index (χ1n) is 12.2. The molecule has 38 heavy (non-hydrogen) atoms. The molecule has 0 aliphatic heterocycles. The Hall–Kier alpha value is -4.34. The van der Waals surface area contributed by atoms with Crippen LogP contribution in [0.3, 0.4) is 0 Å². The summed E-state index contributed by atoms with van der Waals surface area (Å²) in [6.07, 6.45) is 1.49. The summed E-state index contributed by atoms with van der Waals surface area (Å²) in [5.41, 5.74) is 3.87. The molecule has 0 radical (unpaired) electrons. The van der Waals surface area contributed by atoms with Crippen LogP contribution < -0.4 is 20.3 Å². The van der Waals surface area contributed by atoms with E-state index in [-0.39, 0.29) is 13.2 Å². The number of benzene rings is 3. The second kappa shape index (κ2) is 15.0. The molecule has 0 unspecified atom stereocenters. The first-order chi connectivity index (χ1) is 18.5. The molecule has 3 aromatic rings. The topological polar surface area (TPSA) is 126 Å². The Morgan fingerprint density at radius 1 is 0.947 bits per heavy atom. The second-order valence-electron chi connectivity index (χ2n) is 8.38. The van der Waals surface area contributed by atoms with Gasteiger partial charge in [0.2, 0.25) is 0 Å². The number of ether oxygens (including phenoxy) is 3. The third kappa shape index (κ3) is 9.27. The normalized spacial score (nSPS) is 12.4. The van der Waals surface area contributed by atoms with E-state index >= 15 is 0 Å². The largest absolute Gasteiger partial charge is 0.491 e. The van der Waals surface area contributed by atoms with Crippen LogP contribution in [0, 0.1) is 6.92 Å². The Kier molecular flexibility index (Phi) is 11.2. The van der Waals surface area contributed by atoms with Crippen molar-refractivity contribution in [3.8, 4) is 11.5 Å². The summed E-state index contributed by atoms with van der Waals surface area (Å²) in [4.78, 5) is 24.3. The zero-order chi connectivity index (χ0) is 27.2. The van der Waals surface area contributed by atoms with Gasteiger partial charge in [-0.1, -0.05) is 54.1 Å². The molecule has 2 atom stereocenters. The van der Waals surface area contributed by atoms with Crippen LogP contribution in [-0.4, -0.2) is 41.6 Å². The Morgan fingerprint density at radius 2 is 1.66 bits per heavy atom. The molecule has 0 spiro atoms. The number of amides is 2. The molecule has 0 bridgehead atoms. The van der Waals surface area contributed by atoms with Crippen molar-refractivity contribution in [1.29, 1.82) is 0 Å². The van der Waals surface area contributed by atoms with Gasteiger partial charge in [0.1, 0.15) is 24.2 Å². The highest BCUT2D eigenvalue weighted by Gasteiger charge is 2.29. The average Bonchev–Trinajstić information content (AvgIpc) is 2.94. The van der Waals surface area contributed by atoms with Crippen molar-refractivity contribution < 1.29 is 34.1 Å². The van der Waals surface area contributed by atoms with Gasteiger partial charge >= 0.3 is 6.09 Å². The van der Waals surface area contributed by atoms with Gasteiger partial charge in [-0.2, -0.15) is 0 Å². The van der Waals surface area contributed by atoms with Crippen LogP contribution in [0.15, 0.2) is 91.0 Å². The molecule has 9 heteroatoms.